The molecule has 0 saturated heterocycles. The van der Waals surface area contributed by atoms with E-state index in [1.54, 1.807) is 6.07 Å². The van der Waals surface area contributed by atoms with Crippen molar-refractivity contribution in [1.29, 1.82) is 0 Å². The minimum absolute atomic E-state index is 0.732. The van der Waals surface area contributed by atoms with Crippen LogP contribution in [0.3, 0.4) is 0 Å². The van der Waals surface area contributed by atoms with Gasteiger partial charge in [0.05, 0.1) is 0 Å². The van der Waals surface area contributed by atoms with Gasteiger partial charge in [-0.1, -0.05) is 36.6 Å². The highest BCUT2D eigenvalue weighted by atomic mass is 16.1. The normalized spacial score (nSPS) is 8.90. The van der Waals surface area contributed by atoms with Gasteiger partial charge in [-0.15, -0.1) is 0 Å². The first-order valence-electron chi connectivity index (χ1n) is 3.21. The summed E-state index contributed by atoms with van der Waals surface area (Å²) in [6.45, 7) is 1.95. The Hall–Kier alpha value is -1.05. The third kappa shape index (κ3) is 1.47. The van der Waals surface area contributed by atoms with Crippen LogP contribution in [0.5, 0.6) is 0 Å². The summed E-state index contributed by atoms with van der Waals surface area (Å²) in [4.78, 5) is 10.3. The fourth-order valence-electron chi connectivity index (χ4n) is 0.812. The summed E-state index contributed by atoms with van der Waals surface area (Å²) in [5, 5.41) is 0. The summed E-state index contributed by atoms with van der Waals surface area (Å²) < 4.78 is 0. The summed E-state index contributed by atoms with van der Waals surface area (Å²) in [5.41, 5.74) is 1.82. The predicted octanol–water partition coefficient (Wildman–Crippen LogP) is 0.877. The van der Waals surface area contributed by atoms with Gasteiger partial charge in [0.15, 0.2) is 0 Å². The van der Waals surface area contributed by atoms with Crippen LogP contribution in [0.1, 0.15) is 10.4 Å². The molecule has 1 nitrogen and oxygen atoms in total. The quantitative estimate of drug-likeness (QED) is 0.430. The Morgan fingerprint density at radius 3 is 2.90 bits per heavy atom. The molecule has 0 spiro atoms. The van der Waals surface area contributed by atoms with Crippen LogP contribution in [0.2, 0.25) is 6.82 Å². The highest BCUT2D eigenvalue weighted by Crippen LogP contribution is 1.90. The largest absolute Gasteiger partial charge is 0.298 e. The van der Waals surface area contributed by atoms with E-state index in [2.05, 4.69) is 0 Å². The molecule has 1 aromatic carbocycles. The molecule has 0 aliphatic carbocycles. The molecule has 0 N–H and O–H groups in total. The smallest absolute Gasteiger partial charge is 0.150 e. The van der Waals surface area contributed by atoms with Gasteiger partial charge in [0.1, 0.15) is 13.6 Å². The lowest BCUT2D eigenvalue weighted by molar-refractivity contribution is 0.112. The Morgan fingerprint density at radius 1 is 1.50 bits per heavy atom. The van der Waals surface area contributed by atoms with Gasteiger partial charge in [-0.2, -0.15) is 0 Å². The van der Waals surface area contributed by atoms with Crippen LogP contribution < -0.4 is 5.46 Å². The van der Waals surface area contributed by atoms with Gasteiger partial charge in [0.25, 0.3) is 0 Å². The van der Waals surface area contributed by atoms with Crippen molar-refractivity contribution in [3.63, 3.8) is 0 Å². The summed E-state index contributed by atoms with van der Waals surface area (Å²) in [6, 6.07) is 7.49. The third-order valence-corrected chi connectivity index (χ3v) is 1.38. The molecular formula is C8H8BO. The SMILES string of the molecule is C[B]c1cccc(C=O)c1. The molecule has 0 atom stereocenters. The number of aldehydes is 1. The van der Waals surface area contributed by atoms with Crippen LogP contribution in [-0.4, -0.2) is 13.6 Å². The minimum atomic E-state index is 0.732. The molecule has 0 saturated carbocycles. The van der Waals surface area contributed by atoms with Gasteiger partial charge in [-0.25, -0.2) is 0 Å². The van der Waals surface area contributed by atoms with Gasteiger partial charge >= 0.3 is 0 Å². The van der Waals surface area contributed by atoms with E-state index in [0.29, 0.717) is 0 Å². The Kier molecular flexibility index (Phi) is 2.27. The highest BCUT2D eigenvalue weighted by molar-refractivity contribution is 6.52. The average Bonchev–Trinajstić information content (AvgIpc) is 2.05. The van der Waals surface area contributed by atoms with Crippen LogP contribution in [0.25, 0.3) is 0 Å². The van der Waals surface area contributed by atoms with Gasteiger partial charge in [0, 0.05) is 5.56 Å². The Bertz CT molecular complexity index is 232. The van der Waals surface area contributed by atoms with E-state index in [0.717, 1.165) is 17.3 Å². The summed E-state index contributed by atoms with van der Waals surface area (Å²) in [5.74, 6) is 0. The second-order valence-electron chi connectivity index (χ2n) is 2.08. The molecule has 10 heavy (non-hydrogen) atoms. The summed E-state index contributed by atoms with van der Waals surface area (Å²) in [7, 11) is 1.97. The Balaban J connectivity index is 2.98. The third-order valence-electron chi connectivity index (χ3n) is 1.38. The summed E-state index contributed by atoms with van der Waals surface area (Å²) in [6.07, 6.45) is 0.854. The zero-order chi connectivity index (χ0) is 7.40. The first kappa shape index (κ1) is 7.07. The maximum absolute atomic E-state index is 10.3. The molecule has 0 heterocycles. The molecule has 0 bridgehead atoms. The number of carbonyl (C=O) groups excluding carboxylic acids is 1. The second-order valence-corrected chi connectivity index (χ2v) is 2.08. The Morgan fingerprint density at radius 2 is 2.30 bits per heavy atom. The monoisotopic (exact) mass is 131 g/mol. The minimum Gasteiger partial charge on any atom is -0.298 e. The first-order valence-corrected chi connectivity index (χ1v) is 3.21. The fourth-order valence-corrected chi connectivity index (χ4v) is 0.812. The molecular weight excluding hydrogens is 123 g/mol. The van der Waals surface area contributed by atoms with Crippen molar-refractivity contribution in [2.75, 3.05) is 0 Å². The highest BCUT2D eigenvalue weighted by Gasteiger charge is 1.90. The van der Waals surface area contributed by atoms with Crippen molar-refractivity contribution in [3.8, 4) is 0 Å². The maximum atomic E-state index is 10.3. The average molecular weight is 131 g/mol. The first-order chi connectivity index (χ1) is 4.86. The zero-order valence-corrected chi connectivity index (χ0v) is 5.87. The number of hydrogen-bond acceptors (Lipinski definition) is 1. The molecule has 0 fully saturated rings. The van der Waals surface area contributed by atoms with Gasteiger partial charge < -0.3 is 0 Å². The van der Waals surface area contributed by atoms with Crippen molar-refractivity contribution in [2.45, 2.75) is 6.82 Å². The van der Waals surface area contributed by atoms with Crippen LogP contribution in [0, 0.1) is 0 Å². The van der Waals surface area contributed by atoms with E-state index in [9.17, 15) is 4.79 Å². The molecule has 0 unspecified atom stereocenters. The number of rotatable bonds is 2. The molecule has 1 aromatic rings. The van der Waals surface area contributed by atoms with Crippen LogP contribution in [-0.2, 0) is 0 Å². The predicted molar refractivity (Wildman–Crippen MR) is 43.1 cm³/mol. The van der Waals surface area contributed by atoms with Crippen molar-refractivity contribution in [2.24, 2.45) is 0 Å². The molecule has 0 aliphatic heterocycles. The van der Waals surface area contributed by atoms with Crippen molar-refractivity contribution < 1.29 is 4.79 Å². The van der Waals surface area contributed by atoms with E-state index in [-0.39, 0.29) is 0 Å². The van der Waals surface area contributed by atoms with E-state index >= 15 is 0 Å². The molecule has 49 valence electrons. The molecule has 1 rings (SSSR count). The second kappa shape index (κ2) is 3.21. The van der Waals surface area contributed by atoms with Crippen molar-refractivity contribution in [3.05, 3.63) is 29.8 Å². The molecule has 2 heteroatoms. The zero-order valence-electron chi connectivity index (χ0n) is 5.87. The van der Waals surface area contributed by atoms with E-state index in [1.165, 1.54) is 0 Å². The van der Waals surface area contributed by atoms with Crippen LogP contribution in [0.4, 0.5) is 0 Å². The molecule has 0 amide bonds. The number of benzene rings is 1. The fraction of sp³-hybridized carbons (Fsp3) is 0.125. The number of carbonyl (C=O) groups is 1. The Labute approximate surface area is 61.3 Å². The van der Waals surface area contributed by atoms with Gasteiger partial charge in [-0.05, 0) is 0 Å². The standard InChI is InChI=1S/C8H8BO/c1-9-8-4-2-3-7(5-8)6-10/h2-6H,1H3. The van der Waals surface area contributed by atoms with Crippen LogP contribution in [0.15, 0.2) is 24.3 Å². The van der Waals surface area contributed by atoms with E-state index in [4.69, 9.17) is 0 Å². The van der Waals surface area contributed by atoms with E-state index in [1.807, 2.05) is 32.3 Å². The lowest BCUT2D eigenvalue weighted by Gasteiger charge is -1.93. The van der Waals surface area contributed by atoms with Gasteiger partial charge in [0.2, 0.25) is 0 Å². The van der Waals surface area contributed by atoms with Crippen LogP contribution >= 0.6 is 0 Å². The topological polar surface area (TPSA) is 17.1 Å². The lowest BCUT2D eigenvalue weighted by atomic mass is 9.73. The van der Waals surface area contributed by atoms with Crippen molar-refractivity contribution >= 4 is 19.0 Å². The lowest BCUT2D eigenvalue weighted by Crippen LogP contribution is -2.09. The molecule has 1 radical (unpaired) electrons. The maximum Gasteiger partial charge on any atom is 0.150 e. The summed E-state index contributed by atoms with van der Waals surface area (Å²) >= 11 is 0. The van der Waals surface area contributed by atoms with Crippen molar-refractivity contribution in [1.82, 2.24) is 0 Å². The molecule has 0 aromatic heterocycles. The number of hydrogen-bond donors (Lipinski definition) is 0. The molecule has 0 aliphatic rings. The van der Waals surface area contributed by atoms with E-state index < -0.39 is 0 Å². The van der Waals surface area contributed by atoms with Gasteiger partial charge in [-0.3, -0.25) is 4.79 Å².